The van der Waals surface area contributed by atoms with Crippen LogP contribution < -0.4 is 51.4 Å². The predicted molar refractivity (Wildman–Crippen MR) is 78.1 cm³/mol. The first-order chi connectivity index (χ1) is 9.85. The molecule has 3 rings (SSSR count). The van der Waals surface area contributed by atoms with Crippen LogP contribution in [0.15, 0.2) is 23.0 Å². The molecule has 0 N–H and O–H groups in total. The van der Waals surface area contributed by atoms with Crippen molar-refractivity contribution < 1.29 is 71.8 Å². The number of Topliss-reactive ketones (excluding diaryl/α,β-unsaturated/α-hetero) is 3. The first-order valence-electron chi connectivity index (χ1n) is 7.24. The standard InChI is InChI=1S/C16H17O4P.K.H/c1-15(2)9-5-7-16(15,8-6-9)14(19)10-3-4-11(21-20)13(18)12(10)17;;/h3-4,9H,5-8H2,1-2H3;;/q;+1;-1. The fourth-order valence-corrected chi connectivity index (χ4v) is 4.77. The zero-order chi connectivity index (χ0) is 15.4. The van der Waals surface area contributed by atoms with Gasteiger partial charge in [0, 0.05) is 5.41 Å². The topological polar surface area (TPSA) is 68.3 Å². The summed E-state index contributed by atoms with van der Waals surface area (Å²) in [4.78, 5) is 37.0. The van der Waals surface area contributed by atoms with Crippen LogP contribution in [0.25, 0.3) is 0 Å². The second-order valence-corrected chi connectivity index (χ2v) is 7.45. The molecule has 0 aliphatic heterocycles. The van der Waals surface area contributed by atoms with Gasteiger partial charge in [-0.15, -0.1) is 0 Å². The molecule has 3 aliphatic carbocycles. The van der Waals surface area contributed by atoms with E-state index in [1.165, 1.54) is 12.2 Å². The molecule has 0 amide bonds. The third kappa shape index (κ3) is 2.37. The van der Waals surface area contributed by atoms with Gasteiger partial charge in [-0.25, -0.2) is 0 Å². The third-order valence-electron chi connectivity index (χ3n) is 5.96. The van der Waals surface area contributed by atoms with Gasteiger partial charge in [0.2, 0.25) is 11.6 Å². The van der Waals surface area contributed by atoms with Crippen LogP contribution in [0.3, 0.4) is 0 Å². The van der Waals surface area contributed by atoms with Gasteiger partial charge in [0.05, 0.1) is 10.9 Å². The minimum atomic E-state index is -0.820. The molecule has 0 aromatic rings. The first-order valence-corrected chi connectivity index (χ1v) is 8.05. The summed E-state index contributed by atoms with van der Waals surface area (Å²) in [6, 6.07) is 0. The molecule has 0 aromatic carbocycles. The number of hydrogen-bond donors (Lipinski definition) is 0. The van der Waals surface area contributed by atoms with Crippen LogP contribution in [0.1, 0.15) is 41.0 Å². The van der Waals surface area contributed by atoms with Crippen LogP contribution in [0.4, 0.5) is 0 Å². The second kappa shape index (κ2) is 6.27. The smallest absolute Gasteiger partial charge is 1.00 e. The Labute approximate surface area is 175 Å². The summed E-state index contributed by atoms with van der Waals surface area (Å²) in [5, 5.41) is -0.0796. The monoisotopic (exact) mass is 344 g/mol. The minimum Gasteiger partial charge on any atom is -1.00 e. The van der Waals surface area contributed by atoms with E-state index in [1.807, 2.05) is 0 Å². The molecule has 0 radical (unpaired) electrons. The maximum absolute atomic E-state index is 13.0. The van der Waals surface area contributed by atoms with E-state index in [1.54, 1.807) is 0 Å². The zero-order valence-corrected chi connectivity index (χ0v) is 17.2. The molecule has 0 unspecified atom stereocenters. The Hall–Kier alpha value is 0.226. The van der Waals surface area contributed by atoms with E-state index in [0.717, 1.165) is 25.7 Å². The van der Waals surface area contributed by atoms with Crippen molar-refractivity contribution in [3.63, 3.8) is 0 Å². The van der Waals surface area contributed by atoms with Crippen molar-refractivity contribution in [2.45, 2.75) is 39.5 Å². The van der Waals surface area contributed by atoms with Gasteiger partial charge in [0.1, 0.15) is 0 Å². The molecule has 2 saturated carbocycles. The maximum Gasteiger partial charge on any atom is 1.00 e. The molecule has 2 fully saturated rings. The van der Waals surface area contributed by atoms with E-state index in [0.29, 0.717) is 5.92 Å². The van der Waals surface area contributed by atoms with Crippen molar-refractivity contribution in [1.82, 2.24) is 0 Å². The average Bonchev–Trinajstić information content (AvgIpc) is 2.88. The molecular weight excluding hydrogens is 326 g/mol. The Balaban J connectivity index is 0.00000132. The summed E-state index contributed by atoms with van der Waals surface area (Å²) >= 11 is 0. The minimum absolute atomic E-state index is 0. The molecule has 0 atom stereocenters. The summed E-state index contributed by atoms with van der Waals surface area (Å²) in [7, 11) is -0.480. The third-order valence-corrected chi connectivity index (χ3v) is 6.51. The van der Waals surface area contributed by atoms with Crippen LogP contribution in [0, 0.1) is 16.7 Å². The van der Waals surface area contributed by atoms with Gasteiger partial charge in [-0.2, -0.15) is 0 Å². The summed E-state index contributed by atoms with van der Waals surface area (Å²) in [5.74, 6) is -1.30. The molecule has 0 spiro atoms. The van der Waals surface area contributed by atoms with E-state index in [9.17, 15) is 18.9 Å². The summed E-state index contributed by atoms with van der Waals surface area (Å²) in [5.41, 5.74) is -0.669. The van der Waals surface area contributed by atoms with Crippen LogP contribution in [-0.2, 0) is 18.9 Å². The maximum atomic E-state index is 13.0. The quantitative estimate of drug-likeness (QED) is 0.240. The molecule has 2 bridgehead atoms. The first kappa shape index (κ1) is 18.6. The molecule has 6 heteroatoms. The number of rotatable bonds is 3. The van der Waals surface area contributed by atoms with Crippen LogP contribution in [0.5, 0.6) is 0 Å². The van der Waals surface area contributed by atoms with Gasteiger partial charge in [0.25, 0.3) is 0 Å². The molecule has 0 heterocycles. The largest absolute Gasteiger partial charge is 1.00 e. The molecule has 4 nitrogen and oxygen atoms in total. The summed E-state index contributed by atoms with van der Waals surface area (Å²) < 4.78 is 10.8. The molecule has 112 valence electrons. The van der Waals surface area contributed by atoms with Crippen molar-refractivity contribution in [1.29, 1.82) is 0 Å². The average molecular weight is 344 g/mol. The van der Waals surface area contributed by atoms with Crippen molar-refractivity contribution >= 4 is 25.8 Å². The van der Waals surface area contributed by atoms with Gasteiger partial charge >= 0.3 is 51.4 Å². The second-order valence-electron chi connectivity index (χ2n) is 6.79. The van der Waals surface area contributed by atoms with E-state index in [4.69, 9.17) is 0 Å². The molecule has 0 saturated heterocycles. The normalized spacial score (nSPS) is 32.5. The molecular formula is C16H18KO4P. The van der Waals surface area contributed by atoms with Crippen molar-refractivity contribution in [2.24, 2.45) is 16.7 Å². The fraction of sp³-hybridized carbons (Fsp3) is 0.562. The zero-order valence-electron chi connectivity index (χ0n) is 14.1. The Morgan fingerprint density at radius 1 is 1.18 bits per heavy atom. The van der Waals surface area contributed by atoms with Crippen molar-refractivity contribution in [3.8, 4) is 0 Å². The van der Waals surface area contributed by atoms with Crippen molar-refractivity contribution in [3.05, 3.63) is 23.0 Å². The summed E-state index contributed by atoms with van der Waals surface area (Å²) in [6.45, 7) is 4.20. The van der Waals surface area contributed by atoms with Crippen LogP contribution >= 0.6 is 8.46 Å². The predicted octanol–water partition coefficient (Wildman–Crippen LogP) is 0.142. The number of carbonyl (C=O) groups excluding carboxylic acids is 3. The Morgan fingerprint density at radius 3 is 2.23 bits per heavy atom. The van der Waals surface area contributed by atoms with E-state index < -0.39 is 25.4 Å². The van der Waals surface area contributed by atoms with Gasteiger partial charge < -0.3 is 1.43 Å². The molecule has 0 aromatic heterocycles. The van der Waals surface area contributed by atoms with Crippen LogP contribution in [0.2, 0.25) is 0 Å². The van der Waals surface area contributed by atoms with Crippen molar-refractivity contribution in [2.75, 3.05) is 0 Å². The SMILES string of the molecule is CC1(C)C2CCC1(C(=O)C1=CC=C(P=O)C(=O)C1=O)CC2.[H-].[K+]. The van der Waals surface area contributed by atoms with E-state index in [-0.39, 0.29) is 74.9 Å². The number of allylic oxidation sites excluding steroid dienone is 4. The van der Waals surface area contributed by atoms with Gasteiger partial charge in [-0.05, 0) is 49.2 Å². The number of ketones is 3. The van der Waals surface area contributed by atoms with Crippen LogP contribution in [-0.4, -0.2) is 17.3 Å². The fourth-order valence-electron chi connectivity index (χ4n) is 4.45. The van der Waals surface area contributed by atoms with E-state index >= 15 is 0 Å². The molecule has 22 heavy (non-hydrogen) atoms. The van der Waals surface area contributed by atoms with Gasteiger partial charge in [0.15, 0.2) is 14.2 Å². The molecule has 3 aliphatic rings. The number of fused-ring (bicyclic) bond motifs is 2. The Kier molecular flexibility index (Phi) is 5.29. The number of carbonyl (C=O) groups is 3. The number of hydrogen-bond acceptors (Lipinski definition) is 4. The Bertz CT molecular complexity index is 642. The van der Waals surface area contributed by atoms with E-state index in [2.05, 4.69) is 13.8 Å². The van der Waals surface area contributed by atoms with Gasteiger partial charge in [-0.1, -0.05) is 13.8 Å². The summed E-state index contributed by atoms with van der Waals surface area (Å²) in [6.07, 6.45) is 6.31. The van der Waals surface area contributed by atoms with Gasteiger partial charge in [-0.3, -0.25) is 18.9 Å². The Morgan fingerprint density at radius 2 is 1.77 bits per heavy atom.